The molecule has 0 saturated heterocycles. The second-order valence-electron chi connectivity index (χ2n) is 7.92. The van der Waals surface area contributed by atoms with Gasteiger partial charge in [-0.3, -0.25) is 4.79 Å². The lowest BCUT2D eigenvalue weighted by molar-refractivity contribution is -0.122. The number of amides is 2. The molecule has 0 radical (unpaired) electrons. The molecule has 0 heterocycles. The Labute approximate surface area is 162 Å². The van der Waals surface area contributed by atoms with Crippen LogP contribution in [0, 0.1) is 0 Å². The summed E-state index contributed by atoms with van der Waals surface area (Å²) in [6.45, 7) is 8.38. The van der Waals surface area contributed by atoms with Gasteiger partial charge in [0.1, 0.15) is 12.2 Å². The van der Waals surface area contributed by atoms with Gasteiger partial charge in [-0.25, -0.2) is 4.79 Å². The van der Waals surface area contributed by atoms with Crippen molar-refractivity contribution in [2.45, 2.75) is 71.6 Å². The largest absolute Gasteiger partial charge is 0.444 e. The molecule has 0 unspecified atom stereocenters. The van der Waals surface area contributed by atoms with Gasteiger partial charge in [0.05, 0.1) is 12.6 Å². The zero-order valence-corrected chi connectivity index (χ0v) is 16.9. The van der Waals surface area contributed by atoms with Gasteiger partial charge in [0.25, 0.3) is 0 Å². The summed E-state index contributed by atoms with van der Waals surface area (Å²) in [6, 6.07) is 7.50. The van der Waals surface area contributed by atoms with E-state index in [-0.39, 0.29) is 24.7 Å². The standard InChI is InChI=1S/C21H32N2O4/c1-5-23(20(25)27-21(2,3)4)14-16-10-6-9-13-18(16)22-19(24)15-26-17-11-7-8-12-17/h6,9-10,13,17H,5,7-8,11-12,14-15H2,1-4H3,(H,22,24). The molecule has 1 aromatic carbocycles. The van der Waals surface area contributed by atoms with Gasteiger partial charge in [0.2, 0.25) is 5.91 Å². The minimum Gasteiger partial charge on any atom is -0.444 e. The number of carbonyl (C=O) groups is 2. The molecule has 0 aliphatic heterocycles. The highest BCUT2D eigenvalue weighted by Crippen LogP contribution is 2.22. The van der Waals surface area contributed by atoms with Gasteiger partial charge in [-0.2, -0.15) is 0 Å². The molecule has 150 valence electrons. The Balaban J connectivity index is 1.96. The first kappa shape index (κ1) is 21.2. The van der Waals surface area contributed by atoms with Crippen molar-refractivity contribution in [1.29, 1.82) is 0 Å². The number of anilines is 1. The number of hydrogen-bond donors (Lipinski definition) is 1. The van der Waals surface area contributed by atoms with Gasteiger partial charge in [-0.15, -0.1) is 0 Å². The number of ether oxygens (including phenoxy) is 2. The van der Waals surface area contributed by atoms with Crippen LogP contribution in [0.2, 0.25) is 0 Å². The highest BCUT2D eigenvalue weighted by Gasteiger charge is 2.22. The topological polar surface area (TPSA) is 67.9 Å². The molecule has 6 nitrogen and oxygen atoms in total. The van der Waals surface area contributed by atoms with Gasteiger partial charge in [0.15, 0.2) is 0 Å². The molecule has 27 heavy (non-hydrogen) atoms. The van der Waals surface area contributed by atoms with Crippen LogP contribution in [0.3, 0.4) is 0 Å². The molecule has 2 rings (SSSR count). The number of para-hydroxylation sites is 1. The Kier molecular flexibility index (Phi) is 7.66. The van der Waals surface area contributed by atoms with Crippen LogP contribution < -0.4 is 5.32 Å². The van der Waals surface area contributed by atoms with Crippen LogP contribution in [0.4, 0.5) is 10.5 Å². The molecule has 1 aromatic rings. The lowest BCUT2D eigenvalue weighted by Crippen LogP contribution is -2.36. The number of nitrogens with zero attached hydrogens (tertiary/aromatic N) is 1. The molecular weight excluding hydrogens is 344 g/mol. The smallest absolute Gasteiger partial charge is 0.410 e. The number of nitrogens with one attached hydrogen (secondary N) is 1. The minimum absolute atomic E-state index is 0.0581. The molecule has 0 aromatic heterocycles. The van der Waals surface area contributed by atoms with Gasteiger partial charge >= 0.3 is 6.09 Å². The van der Waals surface area contributed by atoms with Crippen molar-refractivity contribution in [3.05, 3.63) is 29.8 Å². The summed E-state index contributed by atoms with van der Waals surface area (Å²) in [4.78, 5) is 26.2. The van der Waals surface area contributed by atoms with Gasteiger partial charge in [-0.05, 0) is 52.2 Å². The summed E-state index contributed by atoms with van der Waals surface area (Å²) in [5.74, 6) is -0.172. The summed E-state index contributed by atoms with van der Waals surface area (Å²) in [7, 11) is 0. The fourth-order valence-corrected chi connectivity index (χ4v) is 3.05. The summed E-state index contributed by atoms with van der Waals surface area (Å²) in [5.41, 5.74) is 1.01. The minimum atomic E-state index is -0.546. The van der Waals surface area contributed by atoms with E-state index in [1.165, 1.54) is 12.8 Å². The third-order valence-electron chi connectivity index (χ3n) is 4.44. The number of carbonyl (C=O) groups excluding carboxylic acids is 2. The SMILES string of the molecule is CCN(Cc1ccccc1NC(=O)COC1CCCC1)C(=O)OC(C)(C)C. The van der Waals surface area contributed by atoms with E-state index >= 15 is 0 Å². The van der Waals surface area contributed by atoms with Crippen molar-refractivity contribution in [2.24, 2.45) is 0 Å². The molecule has 0 atom stereocenters. The molecule has 0 bridgehead atoms. The Morgan fingerprint density at radius 2 is 1.85 bits per heavy atom. The maximum Gasteiger partial charge on any atom is 0.410 e. The summed E-state index contributed by atoms with van der Waals surface area (Å²) in [5, 5.41) is 2.91. The molecule has 1 aliphatic carbocycles. The van der Waals surface area contributed by atoms with Gasteiger partial charge in [0, 0.05) is 12.2 Å². The van der Waals surface area contributed by atoms with E-state index in [1.54, 1.807) is 4.90 Å². The first-order valence-electron chi connectivity index (χ1n) is 9.75. The fourth-order valence-electron chi connectivity index (χ4n) is 3.05. The number of benzene rings is 1. The summed E-state index contributed by atoms with van der Waals surface area (Å²) in [6.07, 6.45) is 4.25. The maximum absolute atomic E-state index is 12.4. The lowest BCUT2D eigenvalue weighted by Gasteiger charge is -2.27. The van der Waals surface area contributed by atoms with Crippen molar-refractivity contribution in [2.75, 3.05) is 18.5 Å². The molecular formula is C21H32N2O4. The average Bonchev–Trinajstić information content (AvgIpc) is 3.11. The fraction of sp³-hybridized carbons (Fsp3) is 0.619. The van der Waals surface area contributed by atoms with E-state index in [0.29, 0.717) is 18.8 Å². The third kappa shape index (κ3) is 7.21. The lowest BCUT2D eigenvalue weighted by atomic mass is 10.1. The highest BCUT2D eigenvalue weighted by molar-refractivity contribution is 5.92. The quantitative estimate of drug-likeness (QED) is 0.768. The van der Waals surface area contributed by atoms with Crippen molar-refractivity contribution in [3.63, 3.8) is 0 Å². The van der Waals surface area contributed by atoms with Crippen LogP contribution in [-0.2, 0) is 20.8 Å². The summed E-state index contributed by atoms with van der Waals surface area (Å²) < 4.78 is 11.1. The molecule has 1 fully saturated rings. The van der Waals surface area contributed by atoms with E-state index in [9.17, 15) is 9.59 Å². The predicted octanol–water partition coefficient (Wildman–Crippen LogP) is 4.34. The predicted molar refractivity (Wildman–Crippen MR) is 106 cm³/mol. The van der Waals surface area contributed by atoms with Crippen molar-refractivity contribution in [3.8, 4) is 0 Å². The second kappa shape index (κ2) is 9.74. The van der Waals surface area contributed by atoms with Crippen LogP contribution in [0.25, 0.3) is 0 Å². The molecule has 1 N–H and O–H groups in total. The van der Waals surface area contributed by atoms with Gasteiger partial charge < -0.3 is 19.7 Å². The first-order chi connectivity index (χ1) is 12.8. The van der Waals surface area contributed by atoms with Gasteiger partial charge in [-0.1, -0.05) is 31.0 Å². The van der Waals surface area contributed by atoms with Crippen molar-refractivity contribution in [1.82, 2.24) is 4.90 Å². The van der Waals surface area contributed by atoms with Crippen LogP contribution >= 0.6 is 0 Å². The molecule has 1 saturated carbocycles. The van der Waals surface area contributed by atoms with Crippen molar-refractivity contribution < 1.29 is 19.1 Å². The average molecular weight is 376 g/mol. The monoisotopic (exact) mass is 376 g/mol. The zero-order chi connectivity index (χ0) is 19.9. The van der Waals surface area contributed by atoms with E-state index in [4.69, 9.17) is 9.47 Å². The highest BCUT2D eigenvalue weighted by atomic mass is 16.6. The van der Waals surface area contributed by atoms with E-state index in [0.717, 1.165) is 18.4 Å². The second-order valence-corrected chi connectivity index (χ2v) is 7.92. The van der Waals surface area contributed by atoms with E-state index < -0.39 is 5.60 Å². The zero-order valence-electron chi connectivity index (χ0n) is 16.9. The Hall–Kier alpha value is -2.08. The van der Waals surface area contributed by atoms with E-state index in [2.05, 4.69) is 5.32 Å². The van der Waals surface area contributed by atoms with Crippen LogP contribution in [0.15, 0.2) is 24.3 Å². The Morgan fingerprint density at radius 3 is 2.48 bits per heavy atom. The molecule has 2 amide bonds. The summed E-state index contributed by atoms with van der Waals surface area (Å²) >= 11 is 0. The molecule has 0 spiro atoms. The normalized spacial score (nSPS) is 14.8. The van der Waals surface area contributed by atoms with Crippen LogP contribution in [0.1, 0.15) is 58.9 Å². The van der Waals surface area contributed by atoms with Crippen molar-refractivity contribution >= 4 is 17.7 Å². The third-order valence-corrected chi connectivity index (χ3v) is 4.44. The Morgan fingerprint density at radius 1 is 1.19 bits per heavy atom. The Bertz CT molecular complexity index is 633. The molecule has 6 heteroatoms. The van der Waals surface area contributed by atoms with Crippen LogP contribution in [0.5, 0.6) is 0 Å². The number of hydrogen-bond acceptors (Lipinski definition) is 4. The molecule has 1 aliphatic rings. The maximum atomic E-state index is 12.4. The number of rotatable bonds is 7. The first-order valence-corrected chi connectivity index (χ1v) is 9.75. The van der Waals surface area contributed by atoms with E-state index in [1.807, 2.05) is 52.0 Å². The van der Waals surface area contributed by atoms with Crippen LogP contribution in [-0.4, -0.2) is 41.8 Å².